The highest BCUT2D eigenvalue weighted by molar-refractivity contribution is 9.10. The van der Waals surface area contributed by atoms with Gasteiger partial charge in [-0.2, -0.15) is 0 Å². The van der Waals surface area contributed by atoms with Crippen molar-refractivity contribution in [2.24, 2.45) is 0 Å². The molecule has 0 unspecified atom stereocenters. The third-order valence-corrected chi connectivity index (χ3v) is 4.66. The van der Waals surface area contributed by atoms with Gasteiger partial charge in [-0.1, -0.05) is 12.1 Å². The largest absolute Gasteiger partial charge is 0.392 e. The predicted molar refractivity (Wildman–Crippen MR) is 77.3 cm³/mol. The van der Waals surface area contributed by atoms with Crippen molar-refractivity contribution in [1.82, 2.24) is 0 Å². The third kappa shape index (κ3) is 3.36. The second kappa shape index (κ2) is 5.90. The van der Waals surface area contributed by atoms with Crippen molar-refractivity contribution in [3.8, 4) is 0 Å². The van der Waals surface area contributed by atoms with Gasteiger partial charge in [-0.3, -0.25) is 4.72 Å². The molecule has 2 rings (SSSR count). The highest BCUT2D eigenvalue weighted by Gasteiger charge is 2.15. The number of hydrogen-bond acceptors (Lipinski definition) is 3. The van der Waals surface area contributed by atoms with Crippen LogP contribution in [0, 0.1) is 5.82 Å². The summed E-state index contributed by atoms with van der Waals surface area (Å²) in [5.41, 5.74) is 0.729. The average Bonchev–Trinajstić information content (AvgIpc) is 2.43. The van der Waals surface area contributed by atoms with Crippen LogP contribution in [0.2, 0.25) is 0 Å². The van der Waals surface area contributed by atoms with Crippen LogP contribution in [0.3, 0.4) is 0 Å². The Labute approximate surface area is 124 Å². The molecule has 0 spiro atoms. The fraction of sp³-hybridized carbons (Fsp3) is 0.0769. The Balaban J connectivity index is 2.32. The van der Waals surface area contributed by atoms with E-state index in [1.54, 1.807) is 0 Å². The molecular weight excluding hydrogens is 349 g/mol. The zero-order valence-corrected chi connectivity index (χ0v) is 12.6. The lowest BCUT2D eigenvalue weighted by Crippen LogP contribution is -2.13. The summed E-state index contributed by atoms with van der Waals surface area (Å²) in [6.07, 6.45) is 0. The van der Waals surface area contributed by atoms with Crippen LogP contribution >= 0.6 is 15.9 Å². The van der Waals surface area contributed by atoms with E-state index >= 15 is 0 Å². The highest BCUT2D eigenvalue weighted by atomic mass is 79.9. The van der Waals surface area contributed by atoms with E-state index in [1.807, 2.05) is 0 Å². The molecule has 2 aromatic rings. The molecule has 0 fully saturated rings. The number of aliphatic hydroxyl groups is 1. The van der Waals surface area contributed by atoms with E-state index in [0.717, 1.165) is 6.07 Å². The topological polar surface area (TPSA) is 66.4 Å². The highest BCUT2D eigenvalue weighted by Crippen LogP contribution is 2.25. The minimum absolute atomic E-state index is 0.0332. The third-order valence-electron chi connectivity index (χ3n) is 2.59. The van der Waals surface area contributed by atoms with E-state index in [2.05, 4.69) is 20.7 Å². The average molecular weight is 360 g/mol. The molecule has 0 saturated heterocycles. The summed E-state index contributed by atoms with van der Waals surface area (Å²) in [6.45, 7) is -0.163. The van der Waals surface area contributed by atoms with Crippen molar-refractivity contribution in [3.63, 3.8) is 0 Å². The Morgan fingerprint density at radius 1 is 1.15 bits per heavy atom. The minimum Gasteiger partial charge on any atom is -0.392 e. The lowest BCUT2D eigenvalue weighted by atomic mass is 10.2. The number of sulfonamides is 1. The lowest BCUT2D eigenvalue weighted by Gasteiger charge is -2.10. The summed E-state index contributed by atoms with van der Waals surface area (Å²) in [4.78, 5) is 0.0332. The summed E-state index contributed by atoms with van der Waals surface area (Å²) in [7, 11) is -3.81. The molecule has 2 aromatic carbocycles. The maximum absolute atomic E-state index is 13.1. The van der Waals surface area contributed by atoms with Gasteiger partial charge in [0, 0.05) is 4.47 Å². The molecule has 0 aliphatic heterocycles. The number of aliphatic hydroxyl groups excluding tert-OH is 1. The van der Waals surface area contributed by atoms with Gasteiger partial charge in [-0.25, -0.2) is 12.8 Å². The van der Waals surface area contributed by atoms with E-state index in [1.165, 1.54) is 36.4 Å². The van der Waals surface area contributed by atoms with E-state index < -0.39 is 15.8 Å². The van der Waals surface area contributed by atoms with Gasteiger partial charge in [-0.05, 0) is 51.8 Å². The molecule has 0 atom stereocenters. The Morgan fingerprint density at radius 2 is 1.80 bits per heavy atom. The SMILES string of the molecule is O=S(=O)(Nc1cc(F)ccc1Br)c1ccc(CO)cc1. The van der Waals surface area contributed by atoms with Crippen molar-refractivity contribution in [2.45, 2.75) is 11.5 Å². The Kier molecular flexibility index (Phi) is 4.42. The van der Waals surface area contributed by atoms with Gasteiger partial charge in [0.25, 0.3) is 10.0 Å². The van der Waals surface area contributed by atoms with Gasteiger partial charge < -0.3 is 5.11 Å². The first-order valence-electron chi connectivity index (χ1n) is 5.60. The minimum atomic E-state index is -3.81. The summed E-state index contributed by atoms with van der Waals surface area (Å²) in [6, 6.07) is 9.50. The van der Waals surface area contributed by atoms with Crippen LogP contribution < -0.4 is 4.72 Å². The fourth-order valence-corrected chi connectivity index (χ4v) is 3.10. The molecule has 7 heteroatoms. The second-order valence-corrected chi connectivity index (χ2v) is 6.57. The standard InChI is InChI=1S/C13H11BrFNO3S/c14-12-6-3-10(15)7-13(12)16-20(18,19)11-4-1-9(8-17)2-5-11/h1-7,16-17H,8H2. The molecule has 106 valence electrons. The second-order valence-electron chi connectivity index (χ2n) is 4.03. The van der Waals surface area contributed by atoms with Crippen molar-refractivity contribution in [3.05, 3.63) is 58.3 Å². The maximum atomic E-state index is 13.1. The number of nitrogens with one attached hydrogen (secondary N) is 1. The molecule has 0 radical (unpaired) electrons. The Bertz CT molecular complexity index is 717. The van der Waals surface area contributed by atoms with Crippen LogP contribution in [-0.2, 0) is 16.6 Å². The predicted octanol–water partition coefficient (Wildman–Crippen LogP) is 2.88. The Hall–Kier alpha value is -1.44. The van der Waals surface area contributed by atoms with Crippen LogP contribution in [0.5, 0.6) is 0 Å². The molecule has 4 nitrogen and oxygen atoms in total. The quantitative estimate of drug-likeness (QED) is 0.881. The number of halogens is 2. The van der Waals surface area contributed by atoms with Gasteiger partial charge >= 0.3 is 0 Å². The van der Waals surface area contributed by atoms with Crippen LogP contribution in [0.25, 0.3) is 0 Å². The van der Waals surface area contributed by atoms with Crippen molar-refractivity contribution in [1.29, 1.82) is 0 Å². The molecule has 0 aliphatic rings. The summed E-state index contributed by atoms with van der Waals surface area (Å²) >= 11 is 3.15. The van der Waals surface area contributed by atoms with Gasteiger partial charge in [0.2, 0.25) is 0 Å². The summed E-state index contributed by atoms with van der Waals surface area (Å²) in [5, 5.41) is 8.92. The van der Waals surface area contributed by atoms with Gasteiger partial charge in [0.05, 0.1) is 17.2 Å². The first kappa shape index (κ1) is 15.0. The molecular formula is C13H11BrFNO3S. The number of benzene rings is 2. The van der Waals surface area contributed by atoms with Gasteiger partial charge in [0.1, 0.15) is 5.82 Å². The Morgan fingerprint density at radius 3 is 2.40 bits per heavy atom. The van der Waals surface area contributed by atoms with Crippen molar-refractivity contribution >= 4 is 31.6 Å². The maximum Gasteiger partial charge on any atom is 0.261 e. The van der Waals surface area contributed by atoms with Crippen LogP contribution in [0.15, 0.2) is 51.8 Å². The van der Waals surface area contributed by atoms with Crippen LogP contribution in [-0.4, -0.2) is 13.5 Å². The lowest BCUT2D eigenvalue weighted by molar-refractivity contribution is 0.282. The van der Waals surface area contributed by atoms with E-state index in [-0.39, 0.29) is 17.2 Å². The molecule has 0 aromatic heterocycles. The summed E-state index contributed by atoms with van der Waals surface area (Å²) in [5.74, 6) is -0.540. The molecule has 0 amide bonds. The molecule has 2 N–H and O–H groups in total. The first-order chi connectivity index (χ1) is 9.42. The number of anilines is 1. The van der Waals surface area contributed by atoms with Crippen molar-refractivity contribution in [2.75, 3.05) is 4.72 Å². The smallest absolute Gasteiger partial charge is 0.261 e. The van der Waals surface area contributed by atoms with E-state index in [0.29, 0.717) is 10.0 Å². The molecule has 20 heavy (non-hydrogen) atoms. The zero-order valence-electron chi connectivity index (χ0n) is 10.2. The first-order valence-corrected chi connectivity index (χ1v) is 7.87. The van der Waals surface area contributed by atoms with Gasteiger partial charge in [-0.15, -0.1) is 0 Å². The molecule has 0 aliphatic carbocycles. The monoisotopic (exact) mass is 359 g/mol. The molecule has 0 saturated carbocycles. The summed E-state index contributed by atoms with van der Waals surface area (Å²) < 4.78 is 40.2. The normalized spacial score (nSPS) is 11.3. The van der Waals surface area contributed by atoms with E-state index in [9.17, 15) is 12.8 Å². The zero-order chi connectivity index (χ0) is 14.8. The molecule has 0 heterocycles. The van der Waals surface area contributed by atoms with Crippen molar-refractivity contribution < 1.29 is 17.9 Å². The van der Waals surface area contributed by atoms with E-state index in [4.69, 9.17) is 5.11 Å². The number of rotatable bonds is 4. The van der Waals surface area contributed by atoms with Gasteiger partial charge in [0.15, 0.2) is 0 Å². The number of hydrogen-bond donors (Lipinski definition) is 2. The van der Waals surface area contributed by atoms with Crippen LogP contribution in [0.4, 0.5) is 10.1 Å². The molecule has 0 bridgehead atoms. The fourth-order valence-electron chi connectivity index (χ4n) is 1.55. The van der Waals surface area contributed by atoms with Crippen LogP contribution in [0.1, 0.15) is 5.56 Å².